The number of hydrogen-bond donors (Lipinski definition) is 2. The smallest absolute Gasteiger partial charge is 0.0180 e. The van der Waals surface area contributed by atoms with Gasteiger partial charge in [-0.25, -0.2) is 0 Å². The van der Waals surface area contributed by atoms with Crippen LogP contribution in [0.15, 0.2) is 28.0 Å². The fourth-order valence-electron chi connectivity index (χ4n) is 0.413. The second-order valence-electron chi connectivity index (χ2n) is 1.41. The molecule has 0 aromatic heterocycles. The van der Waals surface area contributed by atoms with E-state index in [0.29, 0.717) is 0 Å². The highest BCUT2D eigenvalue weighted by Gasteiger charge is 1.86. The zero-order valence-electron chi connectivity index (χ0n) is 4.13. The highest BCUT2D eigenvalue weighted by atomic mass is 32.1. The van der Waals surface area contributed by atoms with Gasteiger partial charge in [0.05, 0.1) is 0 Å². The molecule has 0 N–H and O–H groups in total. The van der Waals surface area contributed by atoms with Gasteiger partial charge in [-0.05, 0) is 18.2 Å². The molecule has 0 heterocycles. The summed E-state index contributed by atoms with van der Waals surface area (Å²) in [5, 5.41) is 0. The molecule has 41 valence electrons. The predicted octanol–water partition coefficient (Wildman–Crippen LogP) is 2.06. The Hall–Kier alpha value is -0.0800. The van der Waals surface area contributed by atoms with Crippen LogP contribution in [0.2, 0.25) is 0 Å². The van der Waals surface area contributed by atoms with Crippen molar-refractivity contribution in [1.29, 1.82) is 0 Å². The molecule has 0 amide bonds. The molecule has 0 saturated heterocycles. The second-order valence-corrected chi connectivity index (χ2v) is 2.38. The molecule has 2 heteroatoms. The summed E-state index contributed by atoms with van der Waals surface area (Å²) in [6.07, 6.45) is 0. The van der Waals surface area contributed by atoms with E-state index in [1.165, 1.54) is 0 Å². The topological polar surface area (TPSA) is 0 Å². The van der Waals surface area contributed by atoms with Crippen molar-refractivity contribution in [1.82, 2.24) is 0 Å². The molecular weight excluding hydrogens is 136 g/mol. The summed E-state index contributed by atoms with van der Waals surface area (Å²) in [6, 6.07) is 8.32. The molecule has 1 radical (unpaired) electrons. The third-order valence-electron chi connectivity index (χ3n) is 0.820. The van der Waals surface area contributed by atoms with E-state index in [1.54, 1.807) is 6.07 Å². The van der Waals surface area contributed by atoms with Crippen LogP contribution in [0.3, 0.4) is 0 Å². The second kappa shape index (κ2) is 2.46. The lowest BCUT2D eigenvalue weighted by Crippen LogP contribution is -1.66. The van der Waals surface area contributed by atoms with Gasteiger partial charge in [0.2, 0.25) is 0 Å². The van der Waals surface area contributed by atoms with Gasteiger partial charge in [-0.1, -0.05) is 6.07 Å². The van der Waals surface area contributed by atoms with E-state index < -0.39 is 0 Å². The molecule has 0 unspecified atom stereocenters. The van der Waals surface area contributed by atoms with E-state index in [4.69, 9.17) is 0 Å². The highest BCUT2D eigenvalue weighted by molar-refractivity contribution is 7.83. The molecule has 1 aromatic rings. The average Bonchev–Trinajstić information content (AvgIpc) is 1.77. The van der Waals surface area contributed by atoms with Gasteiger partial charge < -0.3 is 0 Å². The number of benzene rings is 1. The molecule has 0 bridgehead atoms. The molecule has 1 rings (SSSR count). The van der Waals surface area contributed by atoms with Crippen molar-refractivity contribution in [3.63, 3.8) is 0 Å². The standard InChI is InChI=1S/C6H5S2/c7-5-3-1-2-4-6(5)8/h1,3-4,7-8H. The van der Waals surface area contributed by atoms with Crippen molar-refractivity contribution >= 4 is 25.3 Å². The molecule has 0 spiro atoms. The van der Waals surface area contributed by atoms with Crippen LogP contribution in [0, 0.1) is 6.07 Å². The van der Waals surface area contributed by atoms with Gasteiger partial charge in [0.25, 0.3) is 0 Å². The number of hydrogen-bond acceptors (Lipinski definition) is 2. The quantitative estimate of drug-likeness (QED) is 0.508. The van der Waals surface area contributed by atoms with E-state index in [1.807, 2.05) is 12.1 Å². The van der Waals surface area contributed by atoms with Crippen LogP contribution in [0.5, 0.6) is 0 Å². The minimum Gasteiger partial charge on any atom is -0.142 e. The minimum atomic E-state index is 0.871. The lowest BCUT2D eigenvalue weighted by Gasteiger charge is -1.91. The fraction of sp³-hybridized carbons (Fsp3) is 0. The predicted molar refractivity (Wildman–Crippen MR) is 39.8 cm³/mol. The van der Waals surface area contributed by atoms with Gasteiger partial charge in [0.15, 0.2) is 0 Å². The fourth-order valence-corrected chi connectivity index (χ4v) is 0.702. The van der Waals surface area contributed by atoms with E-state index in [2.05, 4.69) is 31.3 Å². The van der Waals surface area contributed by atoms with Crippen LogP contribution in [-0.4, -0.2) is 0 Å². The highest BCUT2D eigenvalue weighted by Crippen LogP contribution is 2.15. The molecular formula is C6H5S2. The Bertz CT molecular complexity index is 163. The Labute approximate surface area is 59.7 Å². The lowest BCUT2D eigenvalue weighted by molar-refractivity contribution is 1.27. The van der Waals surface area contributed by atoms with Crippen molar-refractivity contribution in [2.45, 2.75) is 9.79 Å². The Morgan fingerprint density at radius 1 is 1.25 bits per heavy atom. The first-order valence-electron chi connectivity index (χ1n) is 2.19. The van der Waals surface area contributed by atoms with Gasteiger partial charge >= 0.3 is 0 Å². The van der Waals surface area contributed by atoms with E-state index in [-0.39, 0.29) is 0 Å². The molecule has 1 aromatic carbocycles. The van der Waals surface area contributed by atoms with Gasteiger partial charge in [-0.3, -0.25) is 0 Å². The first-order chi connectivity index (χ1) is 3.80. The Morgan fingerprint density at radius 3 is 2.38 bits per heavy atom. The van der Waals surface area contributed by atoms with Gasteiger partial charge in [0, 0.05) is 9.79 Å². The van der Waals surface area contributed by atoms with Crippen LogP contribution in [0.4, 0.5) is 0 Å². The van der Waals surface area contributed by atoms with Crippen molar-refractivity contribution < 1.29 is 0 Å². The van der Waals surface area contributed by atoms with Crippen LogP contribution >= 0.6 is 25.3 Å². The summed E-state index contributed by atoms with van der Waals surface area (Å²) in [7, 11) is 0. The Morgan fingerprint density at radius 2 is 2.00 bits per heavy atom. The molecule has 0 atom stereocenters. The minimum absolute atomic E-state index is 0.871. The van der Waals surface area contributed by atoms with Crippen molar-refractivity contribution in [2.75, 3.05) is 0 Å². The molecule has 0 nitrogen and oxygen atoms in total. The van der Waals surface area contributed by atoms with Crippen LogP contribution in [-0.2, 0) is 0 Å². The molecule has 8 heavy (non-hydrogen) atoms. The Balaban J connectivity index is 3.13. The summed E-state index contributed by atoms with van der Waals surface area (Å²) in [5.41, 5.74) is 0. The maximum atomic E-state index is 4.10. The summed E-state index contributed by atoms with van der Waals surface area (Å²) >= 11 is 8.19. The summed E-state index contributed by atoms with van der Waals surface area (Å²) in [6.45, 7) is 0. The maximum absolute atomic E-state index is 4.10. The molecule has 0 aliphatic carbocycles. The maximum Gasteiger partial charge on any atom is 0.0180 e. The van der Waals surface area contributed by atoms with Crippen LogP contribution in [0.25, 0.3) is 0 Å². The zero-order chi connectivity index (χ0) is 5.98. The normalized spacial score (nSPS) is 9.25. The van der Waals surface area contributed by atoms with E-state index >= 15 is 0 Å². The monoisotopic (exact) mass is 141 g/mol. The molecule has 0 aliphatic rings. The molecule has 0 saturated carbocycles. The summed E-state index contributed by atoms with van der Waals surface area (Å²) in [4.78, 5) is 1.77. The zero-order valence-corrected chi connectivity index (χ0v) is 5.92. The number of rotatable bonds is 0. The lowest BCUT2D eigenvalue weighted by atomic mass is 10.4. The SMILES string of the molecule is Sc1c[c]ccc1S. The molecule has 0 aliphatic heterocycles. The third-order valence-corrected chi connectivity index (χ3v) is 1.76. The first kappa shape index (κ1) is 6.05. The van der Waals surface area contributed by atoms with Crippen molar-refractivity contribution in [2.24, 2.45) is 0 Å². The first-order valence-corrected chi connectivity index (χ1v) is 3.08. The summed E-state index contributed by atoms with van der Waals surface area (Å²) < 4.78 is 0. The van der Waals surface area contributed by atoms with Crippen LogP contribution < -0.4 is 0 Å². The van der Waals surface area contributed by atoms with Crippen LogP contribution in [0.1, 0.15) is 0 Å². The average molecular weight is 141 g/mol. The Kier molecular flexibility index (Phi) is 1.86. The third kappa shape index (κ3) is 1.20. The van der Waals surface area contributed by atoms with E-state index in [9.17, 15) is 0 Å². The van der Waals surface area contributed by atoms with Gasteiger partial charge in [-0.2, -0.15) is 0 Å². The van der Waals surface area contributed by atoms with Crippen molar-refractivity contribution in [3.8, 4) is 0 Å². The molecule has 0 fully saturated rings. The van der Waals surface area contributed by atoms with E-state index in [0.717, 1.165) is 9.79 Å². The number of thiol groups is 2. The van der Waals surface area contributed by atoms with Crippen molar-refractivity contribution in [3.05, 3.63) is 24.3 Å². The largest absolute Gasteiger partial charge is 0.142 e. The van der Waals surface area contributed by atoms with Gasteiger partial charge in [-0.15, -0.1) is 25.3 Å². The summed E-state index contributed by atoms with van der Waals surface area (Å²) in [5.74, 6) is 0. The van der Waals surface area contributed by atoms with Gasteiger partial charge in [0.1, 0.15) is 0 Å².